The summed E-state index contributed by atoms with van der Waals surface area (Å²) in [6.45, 7) is 2.20. The van der Waals surface area contributed by atoms with Gasteiger partial charge in [-0.1, -0.05) is 19.3 Å². The Morgan fingerprint density at radius 3 is 2.88 bits per heavy atom. The van der Waals surface area contributed by atoms with E-state index in [2.05, 4.69) is 10.1 Å². The molecule has 0 atom stereocenters. The first kappa shape index (κ1) is 10.7. The molecule has 1 amide bonds. The summed E-state index contributed by atoms with van der Waals surface area (Å²) in [7, 11) is 0. The second-order valence-corrected chi connectivity index (χ2v) is 4.99. The molecule has 1 aliphatic carbocycles. The first-order valence-corrected chi connectivity index (χ1v) is 6.50. The van der Waals surface area contributed by atoms with Gasteiger partial charge >= 0.3 is 0 Å². The van der Waals surface area contributed by atoms with Crippen LogP contribution in [0.2, 0.25) is 0 Å². The highest BCUT2D eigenvalue weighted by Gasteiger charge is 2.28. The number of aromatic nitrogens is 3. The fraction of sp³-hybridized carbons (Fsp3) is 0.750. The van der Waals surface area contributed by atoms with Crippen molar-refractivity contribution in [2.45, 2.75) is 45.2 Å². The van der Waals surface area contributed by atoms with Crippen LogP contribution in [0.15, 0.2) is 6.33 Å². The monoisotopic (exact) mass is 234 g/mol. The molecule has 5 nitrogen and oxygen atoms in total. The number of fused-ring (bicyclic) bond motifs is 1. The van der Waals surface area contributed by atoms with Gasteiger partial charge in [0.25, 0.3) is 0 Å². The number of hydrogen-bond donors (Lipinski definition) is 0. The molecular formula is C12H18N4O. The van der Waals surface area contributed by atoms with E-state index in [0.717, 1.165) is 31.8 Å². The van der Waals surface area contributed by atoms with Gasteiger partial charge in [0.1, 0.15) is 12.2 Å². The van der Waals surface area contributed by atoms with E-state index >= 15 is 0 Å². The second-order valence-electron chi connectivity index (χ2n) is 4.99. The third-order valence-electron chi connectivity index (χ3n) is 3.88. The summed E-state index contributed by atoms with van der Waals surface area (Å²) in [5.74, 6) is 1.51. The highest BCUT2D eigenvalue weighted by Crippen LogP contribution is 2.26. The molecule has 0 N–H and O–H groups in total. The van der Waals surface area contributed by atoms with Gasteiger partial charge in [-0.05, 0) is 12.8 Å². The Morgan fingerprint density at radius 1 is 1.24 bits per heavy atom. The zero-order chi connectivity index (χ0) is 11.7. The van der Waals surface area contributed by atoms with Crippen molar-refractivity contribution in [2.75, 3.05) is 6.54 Å². The third-order valence-corrected chi connectivity index (χ3v) is 3.88. The highest BCUT2D eigenvalue weighted by molar-refractivity contribution is 5.78. The minimum Gasteiger partial charge on any atom is -0.333 e. The molecule has 1 aromatic rings. The highest BCUT2D eigenvalue weighted by atomic mass is 16.2. The first-order chi connectivity index (χ1) is 8.34. The molecule has 3 rings (SSSR count). The Hall–Kier alpha value is -1.39. The fourth-order valence-corrected chi connectivity index (χ4v) is 2.86. The van der Waals surface area contributed by atoms with E-state index in [0.29, 0.717) is 12.5 Å². The molecule has 1 saturated carbocycles. The van der Waals surface area contributed by atoms with Crippen molar-refractivity contribution in [1.82, 2.24) is 19.7 Å². The number of hydrogen-bond acceptors (Lipinski definition) is 3. The molecule has 0 aromatic carbocycles. The smallest absolute Gasteiger partial charge is 0.226 e. The average molecular weight is 234 g/mol. The van der Waals surface area contributed by atoms with Gasteiger partial charge in [-0.3, -0.25) is 4.79 Å². The molecule has 0 radical (unpaired) electrons. The Labute approximate surface area is 101 Å². The number of carbonyl (C=O) groups excluding carboxylic acids is 1. The van der Waals surface area contributed by atoms with Gasteiger partial charge in [0.2, 0.25) is 5.91 Å². The lowest BCUT2D eigenvalue weighted by molar-refractivity contribution is -0.138. The maximum absolute atomic E-state index is 12.4. The van der Waals surface area contributed by atoms with Crippen LogP contribution in [-0.2, 0) is 17.9 Å². The van der Waals surface area contributed by atoms with E-state index in [1.54, 1.807) is 6.33 Å². The predicted octanol–water partition coefficient (Wildman–Crippen LogP) is 1.20. The quantitative estimate of drug-likeness (QED) is 0.733. The van der Waals surface area contributed by atoms with Gasteiger partial charge in [0.15, 0.2) is 0 Å². The van der Waals surface area contributed by atoms with E-state index in [-0.39, 0.29) is 5.92 Å². The molecule has 92 valence electrons. The van der Waals surface area contributed by atoms with E-state index in [1.807, 2.05) is 9.58 Å². The lowest BCUT2D eigenvalue weighted by atomic mass is 9.88. The number of amides is 1. The van der Waals surface area contributed by atoms with Crippen LogP contribution < -0.4 is 0 Å². The molecule has 1 fully saturated rings. The average Bonchev–Trinajstić information content (AvgIpc) is 2.86. The Kier molecular flexibility index (Phi) is 2.82. The summed E-state index contributed by atoms with van der Waals surface area (Å²) in [5, 5.41) is 4.13. The fourth-order valence-electron chi connectivity index (χ4n) is 2.86. The maximum atomic E-state index is 12.4. The maximum Gasteiger partial charge on any atom is 0.226 e. The lowest BCUT2D eigenvalue weighted by Gasteiger charge is -2.31. The summed E-state index contributed by atoms with van der Waals surface area (Å²) < 4.78 is 1.89. The van der Waals surface area contributed by atoms with Crippen LogP contribution in [0.1, 0.15) is 37.9 Å². The largest absolute Gasteiger partial charge is 0.333 e. The Morgan fingerprint density at radius 2 is 2.06 bits per heavy atom. The van der Waals surface area contributed by atoms with Gasteiger partial charge < -0.3 is 4.90 Å². The summed E-state index contributed by atoms with van der Waals surface area (Å²) in [6, 6.07) is 0. The summed E-state index contributed by atoms with van der Waals surface area (Å²) in [4.78, 5) is 18.5. The van der Waals surface area contributed by atoms with E-state index in [1.165, 1.54) is 19.3 Å². The summed E-state index contributed by atoms with van der Waals surface area (Å²) >= 11 is 0. The zero-order valence-corrected chi connectivity index (χ0v) is 10.0. The van der Waals surface area contributed by atoms with Crippen LogP contribution in [0.4, 0.5) is 0 Å². The molecular weight excluding hydrogens is 216 g/mol. The van der Waals surface area contributed by atoms with Crippen molar-refractivity contribution in [1.29, 1.82) is 0 Å². The normalized spacial score (nSPS) is 21.3. The van der Waals surface area contributed by atoms with Crippen molar-refractivity contribution in [3.63, 3.8) is 0 Å². The lowest BCUT2D eigenvalue weighted by Crippen LogP contribution is -2.42. The van der Waals surface area contributed by atoms with Gasteiger partial charge in [-0.25, -0.2) is 9.67 Å². The van der Waals surface area contributed by atoms with Gasteiger partial charge in [0, 0.05) is 12.5 Å². The number of rotatable bonds is 1. The molecule has 0 saturated heterocycles. The van der Waals surface area contributed by atoms with E-state index in [4.69, 9.17) is 0 Å². The molecule has 2 heterocycles. The van der Waals surface area contributed by atoms with Crippen LogP contribution in [-0.4, -0.2) is 32.1 Å². The van der Waals surface area contributed by atoms with Gasteiger partial charge in [0.05, 0.1) is 13.1 Å². The number of carbonyl (C=O) groups is 1. The minimum absolute atomic E-state index is 0.262. The molecule has 0 unspecified atom stereocenters. The number of nitrogens with zero attached hydrogens (tertiary/aromatic N) is 4. The van der Waals surface area contributed by atoms with Crippen LogP contribution in [0.25, 0.3) is 0 Å². The van der Waals surface area contributed by atoms with Crippen molar-refractivity contribution in [2.24, 2.45) is 5.92 Å². The van der Waals surface area contributed by atoms with Gasteiger partial charge in [-0.15, -0.1) is 0 Å². The SMILES string of the molecule is O=C(C1CCCCC1)N1CCn2ncnc2C1. The topological polar surface area (TPSA) is 51.0 Å². The minimum atomic E-state index is 0.262. The Balaban J connectivity index is 1.67. The van der Waals surface area contributed by atoms with Crippen LogP contribution in [0, 0.1) is 5.92 Å². The summed E-state index contributed by atoms with van der Waals surface area (Å²) in [6.07, 6.45) is 7.42. The van der Waals surface area contributed by atoms with Crippen LogP contribution in [0.5, 0.6) is 0 Å². The van der Waals surface area contributed by atoms with Crippen molar-refractivity contribution in [3.8, 4) is 0 Å². The van der Waals surface area contributed by atoms with Gasteiger partial charge in [-0.2, -0.15) is 5.10 Å². The molecule has 2 aliphatic rings. The summed E-state index contributed by atoms with van der Waals surface area (Å²) in [5.41, 5.74) is 0. The van der Waals surface area contributed by atoms with Crippen molar-refractivity contribution in [3.05, 3.63) is 12.2 Å². The van der Waals surface area contributed by atoms with Crippen molar-refractivity contribution < 1.29 is 4.79 Å². The molecule has 5 heteroatoms. The molecule has 1 aliphatic heterocycles. The second kappa shape index (κ2) is 4.47. The molecule has 0 bridgehead atoms. The van der Waals surface area contributed by atoms with E-state index in [9.17, 15) is 4.79 Å². The standard InChI is InChI=1S/C12H18N4O/c17-12(10-4-2-1-3-5-10)15-6-7-16-11(8-15)13-9-14-16/h9-10H,1-8H2. The van der Waals surface area contributed by atoms with E-state index < -0.39 is 0 Å². The predicted molar refractivity (Wildman–Crippen MR) is 62.0 cm³/mol. The molecule has 17 heavy (non-hydrogen) atoms. The van der Waals surface area contributed by atoms with Crippen molar-refractivity contribution >= 4 is 5.91 Å². The van der Waals surface area contributed by atoms with Crippen LogP contribution >= 0.6 is 0 Å². The third kappa shape index (κ3) is 2.06. The molecule has 1 aromatic heterocycles. The first-order valence-electron chi connectivity index (χ1n) is 6.50. The van der Waals surface area contributed by atoms with Crippen LogP contribution in [0.3, 0.4) is 0 Å². The molecule has 0 spiro atoms. The Bertz CT molecular complexity index is 408. The zero-order valence-electron chi connectivity index (χ0n) is 10.0.